The van der Waals surface area contributed by atoms with Gasteiger partial charge in [0.15, 0.2) is 5.16 Å². The predicted molar refractivity (Wildman–Crippen MR) is 114 cm³/mol. The fraction of sp³-hybridized carbons (Fsp3) is 0.227. The molecule has 0 radical (unpaired) electrons. The average molecular weight is 394 g/mol. The predicted octanol–water partition coefficient (Wildman–Crippen LogP) is 5.01. The second-order valence-corrected chi connectivity index (χ2v) is 7.51. The fourth-order valence-electron chi connectivity index (χ4n) is 2.61. The van der Waals surface area contributed by atoms with Gasteiger partial charge in [0.1, 0.15) is 5.75 Å². The molecule has 3 rings (SSSR count). The van der Waals surface area contributed by atoms with Crippen molar-refractivity contribution in [1.82, 2.24) is 9.97 Å². The maximum Gasteiger partial charge on any atom is 0.234 e. The Morgan fingerprint density at radius 2 is 1.79 bits per heavy atom. The summed E-state index contributed by atoms with van der Waals surface area (Å²) in [6.07, 6.45) is 1.71. The third-order valence-corrected chi connectivity index (χ3v) is 5.07. The van der Waals surface area contributed by atoms with Crippen molar-refractivity contribution in [3.05, 3.63) is 66.4 Å². The van der Waals surface area contributed by atoms with Crippen molar-refractivity contribution in [3.63, 3.8) is 0 Å². The lowest BCUT2D eigenvalue weighted by Crippen LogP contribution is -2.14. The number of anilines is 1. The third-order valence-electron chi connectivity index (χ3n) is 4.21. The molecule has 6 heteroatoms. The summed E-state index contributed by atoms with van der Waals surface area (Å²) >= 11 is 1.31. The number of methoxy groups -OCH3 is 1. The summed E-state index contributed by atoms with van der Waals surface area (Å²) in [6, 6.07) is 17.5. The van der Waals surface area contributed by atoms with Gasteiger partial charge in [-0.2, -0.15) is 0 Å². The largest absolute Gasteiger partial charge is 0.497 e. The highest BCUT2D eigenvalue weighted by atomic mass is 32.2. The van der Waals surface area contributed by atoms with Gasteiger partial charge in [-0.25, -0.2) is 9.97 Å². The molecule has 0 aliphatic rings. The zero-order valence-electron chi connectivity index (χ0n) is 16.2. The molecule has 1 heterocycles. The van der Waals surface area contributed by atoms with Crippen molar-refractivity contribution in [2.75, 3.05) is 18.2 Å². The Bertz CT molecular complexity index is 925. The summed E-state index contributed by atoms with van der Waals surface area (Å²) in [5.74, 6) is 1.43. The van der Waals surface area contributed by atoms with Crippen molar-refractivity contribution >= 4 is 23.4 Å². The molecular weight excluding hydrogens is 370 g/mol. The number of nitrogens with one attached hydrogen (secondary N) is 1. The van der Waals surface area contributed by atoms with Crippen LogP contribution in [0.2, 0.25) is 0 Å². The van der Waals surface area contributed by atoms with Gasteiger partial charge in [-0.05, 0) is 53.9 Å². The number of thioether (sulfide) groups is 1. The van der Waals surface area contributed by atoms with Crippen LogP contribution in [-0.2, 0) is 4.79 Å². The van der Waals surface area contributed by atoms with E-state index in [0.717, 1.165) is 22.7 Å². The van der Waals surface area contributed by atoms with Crippen LogP contribution in [0.3, 0.4) is 0 Å². The van der Waals surface area contributed by atoms with E-state index in [1.54, 1.807) is 13.3 Å². The smallest absolute Gasteiger partial charge is 0.234 e. The number of benzene rings is 2. The van der Waals surface area contributed by atoms with Crippen LogP contribution in [-0.4, -0.2) is 28.7 Å². The van der Waals surface area contributed by atoms with Gasteiger partial charge in [0.2, 0.25) is 5.91 Å². The molecule has 0 aliphatic carbocycles. The van der Waals surface area contributed by atoms with Gasteiger partial charge in [-0.15, -0.1) is 0 Å². The van der Waals surface area contributed by atoms with Crippen molar-refractivity contribution in [2.24, 2.45) is 0 Å². The number of carbonyl (C=O) groups is 1. The van der Waals surface area contributed by atoms with Crippen LogP contribution in [0.4, 0.5) is 5.69 Å². The van der Waals surface area contributed by atoms with Gasteiger partial charge in [-0.3, -0.25) is 4.79 Å². The number of rotatable bonds is 7. The lowest BCUT2D eigenvalue weighted by molar-refractivity contribution is -0.113. The van der Waals surface area contributed by atoms with Crippen LogP contribution in [0.25, 0.3) is 11.3 Å². The SMILES string of the molecule is COc1ccc(-c2ccnc(SCC(=O)Nc3ccc(C(C)C)cc3)n2)cc1. The minimum Gasteiger partial charge on any atom is -0.497 e. The van der Waals surface area contributed by atoms with Crippen molar-refractivity contribution < 1.29 is 9.53 Å². The third kappa shape index (κ3) is 5.33. The van der Waals surface area contributed by atoms with E-state index in [-0.39, 0.29) is 11.7 Å². The van der Waals surface area contributed by atoms with E-state index in [1.807, 2.05) is 54.6 Å². The summed E-state index contributed by atoms with van der Waals surface area (Å²) < 4.78 is 5.18. The van der Waals surface area contributed by atoms with Gasteiger partial charge in [-0.1, -0.05) is 37.7 Å². The highest BCUT2D eigenvalue weighted by molar-refractivity contribution is 7.99. The zero-order valence-corrected chi connectivity index (χ0v) is 17.0. The minimum atomic E-state index is -0.0826. The maximum atomic E-state index is 12.2. The molecule has 0 fully saturated rings. The number of nitrogens with zero attached hydrogens (tertiary/aromatic N) is 2. The minimum absolute atomic E-state index is 0.0826. The molecule has 2 aromatic carbocycles. The first-order chi connectivity index (χ1) is 13.5. The summed E-state index contributed by atoms with van der Waals surface area (Å²) in [4.78, 5) is 21.0. The fourth-order valence-corrected chi connectivity index (χ4v) is 3.24. The van der Waals surface area contributed by atoms with Crippen LogP contribution in [0, 0.1) is 0 Å². The monoisotopic (exact) mass is 393 g/mol. The summed E-state index contributed by atoms with van der Waals surface area (Å²) in [7, 11) is 1.64. The van der Waals surface area contributed by atoms with Gasteiger partial charge < -0.3 is 10.1 Å². The van der Waals surface area contributed by atoms with Gasteiger partial charge in [0.05, 0.1) is 18.6 Å². The molecule has 0 saturated heterocycles. The summed E-state index contributed by atoms with van der Waals surface area (Å²) in [6.45, 7) is 4.29. The molecule has 0 atom stereocenters. The molecule has 1 aromatic heterocycles. The topological polar surface area (TPSA) is 64.1 Å². The van der Waals surface area contributed by atoms with E-state index >= 15 is 0 Å². The second-order valence-electron chi connectivity index (χ2n) is 6.57. The van der Waals surface area contributed by atoms with Gasteiger partial charge >= 0.3 is 0 Å². The van der Waals surface area contributed by atoms with Crippen LogP contribution in [0.5, 0.6) is 5.75 Å². The molecule has 0 saturated carbocycles. The number of carbonyl (C=O) groups excluding carboxylic acids is 1. The molecule has 1 amide bonds. The number of aromatic nitrogens is 2. The van der Waals surface area contributed by atoms with E-state index in [0.29, 0.717) is 11.1 Å². The molecule has 0 unspecified atom stereocenters. The number of amides is 1. The van der Waals surface area contributed by atoms with Crippen LogP contribution < -0.4 is 10.1 Å². The lowest BCUT2D eigenvalue weighted by atomic mass is 10.0. The van der Waals surface area contributed by atoms with Crippen LogP contribution >= 0.6 is 11.8 Å². The first-order valence-electron chi connectivity index (χ1n) is 9.05. The van der Waals surface area contributed by atoms with Gasteiger partial charge in [0.25, 0.3) is 0 Å². The first kappa shape index (κ1) is 19.9. The van der Waals surface area contributed by atoms with Crippen molar-refractivity contribution in [3.8, 4) is 17.0 Å². The number of hydrogen-bond donors (Lipinski definition) is 1. The molecule has 144 valence electrons. The van der Waals surface area contributed by atoms with Crippen molar-refractivity contribution in [2.45, 2.75) is 24.9 Å². The molecule has 28 heavy (non-hydrogen) atoms. The quantitative estimate of drug-likeness (QED) is 0.452. The number of hydrogen-bond acceptors (Lipinski definition) is 5. The second kappa shape index (κ2) is 9.37. The molecule has 1 N–H and O–H groups in total. The van der Waals surface area contributed by atoms with Crippen LogP contribution in [0.1, 0.15) is 25.3 Å². The Balaban J connectivity index is 1.58. The van der Waals surface area contributed by atoms with Gasteiger partial charge in [0, 0.05) is 17.4 Å². The standard InChI is InChI=1S/C22H23N3O2S/c1-15(2)16-4-8-18(9-5-16)24-21(26)14-28-22-23-13-12-20(25-22)17-6-10-19(27-3)11-7-17/h4-13,15H,14H2,1-3H3,(H,24,26). The van der Waals surface area contributed by atoms with E-state index in [2.05, 4.69) is 29.1 Å². The molecular formula is C22H23N3O2S. The van der Waals surface area contributed by atoms with E-state index in [9.17, 15) is 4.79 Å². The molecule has 0 spiro atoms. The first-order valence-corrected chi connectivity index (χ1v) is 10.0. The molecule has 0 bridgehead atoms. The lowest BCUT2D eigenvalue weighted by Gasteiger charge is -2.08. The Kier molecular flexibility index (Phi) is 6.66. The Morgan fingerprint density at radius 3 is 2.43 bits per heavy atom. The normalized spacial score (nSPS) is 10.7. The highest BCUT2D eigenvalue weighted by Gasteiger charge is 2.08. The summed E-state index contributed by atoms with van der Waals surface area (Å²) in [5.41, 5.74) is 3.82. The van der Waals surface area contributed by atoms with Crippen molar-refractivity contribution in [1.29, 1.82) is 0 Å². The van der Waals surface area contributed by atoms with E-state index in [4.69, 9.17) is 4.74 Å². The molecule has 3 aromatic rings. The molecule has 0 aliphatic heterocycles. The molecule has 5 nitrogen and oxygen atoms in total. The van der Waals surface area contributed by atoms with E-state index in [1.165, 1.54) is 17.3 Å². The summed E-state index contributed by atoms with van der Waals surface area (Å²) in [5, 5.41) is 3.48. The van der Waals surface area contributed by atoms with E-state index < -0.39 is 0 Å². The Labute approximate surface area is 169 Å². The Morgan fingerprint density at radius 1 is 1.07 bits per heavy atom. The Hall–Kier alpha value is -2.86. The zero-order chi connectivity index (χ0) is 19.9. The highest BCUT2D eigenvalue weighted by Crippen LogP contribution is 2.23. The van der Waals surface area contributed by atoms with Crippen LogP contribution in [0.15, 0.2) is 66.0 Å². The number of ether oxygens (including phenoxy) is 1. The maximum absolute atomic E-state index is 12.2. The average Bonchev–Trinajstić information content (AvgIpc) is 2.73.